The Morgan fingerprint density at radius 3 is 2.58 bits per heavy atom. The van der Waals surface area contributed by atoms with E-state index in [1.165, 1.54) is 0 Å². The second kappa shape index (κ2) is 8.19. The van der Waals surface area contributed by atoms with Crippen LogP contribution in [-0.4, -0.2) is 17.7 Å². The minimum absolute atomic E-state index is 0.303. The van der Waals surface area contributed by atoms with Crippen LogP contribution >= 0.6 is 11.6 Å². The normalized spacial score (nSPS) is 18.2. The summed E-state index contributed by atoms with van der Waals surface area (Å²) in [6, 6.07) is 15.6. The number of carbonyl (C=O) groups is 1. The number of hydrogen-bond acceptors (Lipinski definition) is 3. The lowest BCUT2D eigenvalue weighted by Gasteiger charge is -2.24. The van der Waals surface area contributed by atoms with Gasteiger partial charge in [-0.1, -0.05) is 48.0 Å². The zero-order valence-corrected chi connectivity index (χ0v) is 15.2. The number of primary amides is 1. The largest absolute Gasteiger partial charge is 0.489 e. The molecule has 1 amide bonds. The number of nitrogens with zero attached hydrogens (tertiary/aromatic N) is 1. The van der Waals surface area contributed by atoms with Gasteiger partial charge in [-0.15, -0.1) is 0 Å². The lowest BCUT2D eigenvalue weighted by Crippen LogP contribution is -2.27. The van der Waals surface area contributed by atoms with Crippen molar-refractivity contribution in [3.8, 4) is 5.75 Å². The fourth-order valence-corrected chi connectivity index (χ4v) is 3.16. The van der Waals surface area contributed by atoms with E-state index in [-0.39, 0.29) is 11.4 Å². The molecule has 26 heavy (non-hydrogen) atoms. The highest BCUT2D eigenvalue weighted by atomic mass is 35.5. The Labute approximate surface area is 158 Å². The van der Waals surface area contributed by atoms with Crippen molar-refractivity contribution in [2.45, 2.75) is 31.4 Å². The van der Waals surface area contributed by atoms with Crippen molar-refractivity contribution in [3.05, 3.63) is 76.8 Å². The SMILES string of the molecule is NC(=O)CCC1(Cc2ccc(OCc3ccccc3Cl)cc2)C=CC=N1. The fraction of sp³-hybridized carbons (Fsp3) is 0.238. The van der Waals surface area contributed by atoms with Crippen LogP contribution in [0.1, 0.15) is 24.0 Å². The summed E-state index contributed by atoms with van der Waals surface area (Å²) < 4.78 is 5.81. The highest BCUT2D eigenvalue weighted by Crippen LogP contribution is 2.29. The standard InChI is InChI=1S/C21H21ClN2O2/c22-19-5-2-1-4-17(19)15-26-18-8-6-16(7-9-18)14-21(11-3-13-24-21)12-10-20(23)25/h1-9,11,13H,10,12,14-15H2,(H2,23,25). The number of amides is 1. The van der Waals surface area contributed by atoms with E-state index >= 15 is 0 Å². The second-order valence-electron chi connectivity index (χ2n) is 6.41. The van der Waals surface area contributed by atoms with Crippen molar-refractivity contribution in [2.75, 3.05) is 0 Å². The monoisotopic (exact) mass is 368 g/mol. The molecule has 0 aromatic heterocycles. The molecule has 2 aromatic carbocycles. The van der Waals surface area contributed by atoms with Gasteiger partial charge in [0.1, 0.15) is 12.4 Å². The quantitative estimate of drug-likeness (QED) is 0.762. The number of ether oxygens (including phenoxy) is 1. The number of rotatable bonds is 8. The summed E-state index contributed by atoms with van der Waals surface area (Å²) in [6.45, 7) is 0.425. The van der Waals surface area contributed by atoms with Gasteiger partial charge in [-0.25, -0.2) is 0 Å². The number of allylic oxidation sites excluding steroid dienone is 1. The third-order valence-electron chi connectivity index (χ3n) is 4.41. The first-order valence-corrected chi connectivity index (χ1v) is 8.91. The smallest absolute Gasteiger partial charge is 0.217 e. The Kier molecular flexibility index (Phi) is 5.74. The predicted octanol–water partition coefficient (Wildman–Crippen LogP) is 4.11. The maximum atomic E-state index is 11.1. The number of benzene rings is 2. The van der Waals surface area contributed by atoms with Gasteiger partial charge in [0.2, 0.25) is 5.91 Å². The molecule has 0 saturated heterocycles. The summed E-state index contributed by atoms with van der Waals surface area (Å²) in [7, 11) is 0. The van der Waals surface area contributed by atoms with Crippen LogP contribution < -0.4 is 10.5 Å². The number of aliphatic imine (C=N–C) groups is 1. The number of hydrogen-bond donors (Lipinski definition) is 1. The zero-order chi connectivity index (χ0) is 18.4. The Hall–Kier alpha value is -2.59. The van der Waals surface area contributed by atoms with Crippen LogP contribution in [-0.2, 0) is 17.8 Å². The van der Waals surface area contributed by atoms with Gasteiger partial charge in [0, 0.05) is 29.6 Å². The molecule has 2 aromatic rings. The maximum absolute atomic E-state index is 11.1. The Morgan fingerprint density at radius 2 is 1.92 bits per heavy atom. The van der Waals surface area contributed by atoms with E-state index in [0.29, 0.717) is 24.5 Å². The van der Waals surface area contributed by atoms with Crippen LogP contribution in [0.15, 0.2) is 65.7 Å². The van der Waals surface area contributed by atoms with E-state index in [1.807, 2.05) is 60.7 Å². The topological polar surface area (TPSA) is 64.7 Å². The average Bonchev–Trinajstić information content (AvgIpc) is 3.09. The van der Waals surface area contributed by atoms with Gasteiger partial charge in [0.25, 0.3) is 0 Å². The molecule has 2 N–H and O–H groups in total. The molecule has 3 rings (SSSR count). The van der Waals surface area contributed by atoms with Crippen molar-refractivity contribution in [2.24, 2.45) is 10.7 Å². The lowest BCUT2D eigenvalue weighted by molar-refractivity contribution is -0.118. The van der Waals surface area contributed by atoms with Gasteiger partial charge in [-0.2, -0.15) is 0 Å². The van der Waals surface area contributed by atoms with Crippen LogP contribution in [0, 0.1) is 0 Å². The number of carbonyl (C=O) groups excluding carboxylic acids is 1. The lowest BCUT2D eigenvalue weighted by atomic mass is 9.87. The first kappa shape index (κ1) is 18.2. The summed E-state index contributed by atoms with van der Waals surface area (Å²) in [5, 5.41) is 0.700. The third-order valence-corrected chi connectivity index (χ3v) is 4.78. The zero-order valence-electron chi connectivity index (χ0n) is 14.4. The highest BCUT2D eigenvalue weighted by Gasteiger charge is 2.28. The molecule has 1 unspecified atom stereocenters. The molecule has 0 saturated carbocycles. The van der Waals surface area contributed by atoms with Gasteiger partial charge < -0.3 is 10.5 Å². The molecule has 1 aliphatic heterocycles. The van der Waals surface area contributed by atoms with Crippen LogP contribution in [0.25, 0.3) is 0 Å². The molecule has 1 heterocycles. The van der Waals surface area contributed by atoms with Crippen LogP contribution in [0.4, 0.5) is 0 Å². The van der Waals surface area contributed by atoms with E-state index in [2.05, 4.69) is 4.99 Å². The highest BCUT2D eigenvalue weighted by molar-refractivity contribution is 6.31. The van der Waals surface area contributed by atoms with Crippen LogP contribution in [0.5, 0.6) is 5.75 Å². The van der Waals surface area contributed by atoms with E-state index in [1.54, 1.807) is 6.21 Å². The molecular weight excluding hydrogens is 348 g/mol. The Morgan fingerprint density at radius 1 is 1.15 bits per heavy atom. The van der Waals surface area contributed by atoms with Gasteiger partial charge in [-0.05, 0) is 36.3 Å². The molecule has 1 atom stereocenters. The van der Waals surface area contributed by atoms with Crippen molar-refractivity contribution >= 4 is 23.7 Å². The molecule has 0 fully saturated rings. The second-order valence-corrected chi connectivity index (χ2v) is 6.82. The number of halogens is 1. The van der Waals surface area contributed by atoms with Gasteiger partial charge in [-0.3, -0.25) is 9.79 Å². The summed E-state index contributed by atoms with van der Waals surface area (Å²) >= 11 is 6.15. The maximum Gasteiger partial charge on any atom is 0.217 e. The molecule has 0 spiro atoms. The molecule has 1 aliphatic rings. The Balaban J connectivity index is 1.62. The molecular formula is C21H21ClN2O2. The van der Waals surface area contributed by atoms with Crippen LogP contribution in [0.2, 0.25) is 5.02 Å². The van der Waals surface area contributed by atoms with Crippen molar-refractivity contribution in [1.82, 2.24) is 0 Å². The van der Waals surface area contributed by atoms with E-state index < -0.39 is 0 Å². The summed E-state index contributed by atoms with van der Waals surface area (Å²) in [5.41, 5.74) is 6.99. The predicted molar refractivity (Wildman–Crippen MR) is 105 cm³/mol. The average molecular weight is 369 g/mol. The molecule has 5 heteroatoms. The van der Waals surface area contributed by atoms with Crippen molar-refractivity contribution < 1.29 is 9.53 Å². The first-order chi connectivity index (χ1) is 12.6. The molecule has 134 valence electrons. The van der Waals surface area contributed by atoms with Crippen molar-refractivity contribution in [3.63, 3.8) is 0 Å². The fourth-order valence-electron chi connectivity index (χ4n) is 2.97. The van der Waals surface area contributed by atoms with E-state index in [9.17, 15) is 4.79 Å². The van der Waals surface area contributed by atoms with Gasteiger partial charge in [0.05, 0.1) is 5.54 Å². The van der Waals surface area contributed by atoms with Crippen molar-refractivity contribution in [1.29, 1.82) is 0 Å². The van der Waals surface area contributed by atoms with E-state index in [0.717, 1.165) is 23.3 Å². The molecule has 4 nitrogen and oxygen atoms in total. The third kappa shape index (κ3) is 4.73. The minimum atomic E-state index is -0.380. The Bertz CT molecular complexity index is 816. The number of nitrogens with two attached hydrogens (primary N) is 1. The van der Waals surface area contributed by atoms with E-state index in [4.69, 9.17) is 22.1 Å². The summed E-state index contributed by atoms with van der Waals surface area (Å²) in [6.07, 6.45) is 7.39. The van der Waals surface area contributed by atoms with Crippen LogP contribution in [0.3, 0.4) is 0 Å². The molecule has 0 aliphatic carbocycles. The molecule has 0 bridgehead atoms. The summed E-state index contributed by atoms with van der Waals surface area (Å²) in [4.78, 5) is 15.7. The minimum Gasteiger partial charge on any atom is -0.489 e. The first-order valence-electron chi connectivity index (χ1n) is 8.53. The summed E-state index contributed by atoms with van der Waals surface area (Å²) in [5.74, 6) is 0.480. The molecule has 0 radical (unpaired) electrons. The van der Waals surface area contributed by atoms with Gasteiger partial charge >= 0.3 is 0 Å². The van der Waals surface area contributed by atoms with Gasteiger partial charge in [0.15, 0.2) is 0 Å².